The number of hydrogen-bond acceptors (Lipinski definition) is 4. The van der Waals surface area contributed by atoms with Crippen molar-refractivity contribution < 1.29 is 13.9 Å². The van der Waals surface area contributed by atoms with Crippen molar-refractivity contribution in [3.05, 3.63) is 90.2 Å². The first-order valence-corrected chi connectivity index (χ1v) is 13.7. The average molecular weight is 513 g/mol. The summed E-state index contributed by atoms with van der Waals surface area (Å²) in [5, 5.41) is 2.31. The highest BCUT2D eigenvalue weighted by molar-refractivity contribution is 5.90. The number of anilines is 1. The van der Waals surface area contributed by atoms with Gasteiger partial charge in [-0.1, -0.05) is 48.9 Å². The van der Waals surface area contributed by atoms with Gasteiger partial charge >= 0.3 is 0 Å². The summed E-state index contributed by atoms with van der Waals surface area (Å²) in [7, 11) is 1.69. The van der Waals surface area contributed by atoms with Crippen LogP contribution in [-0.2, 0) is 6.54 Å². The van der Waals surface area contributed by atoms with Crippen molar-refractivity contribution in [1.82, 2.24) is 4.90 Å². The molecule has 1 fully saturated rings. The second-order valence-electron chi connectivity index (χ2n) is 9.97. The number of rotatable bonds is 10. The summed E-state index contributed by atoms with van der Waals surface area (Å²) in [4.78, 5) is 4.69. The Bertz CT molecular complexity index is 1370. The molecule has 5 heteroatoms. The van der Waals surface area contributed by atoms with Crippen LogP contribution in [0.4, 0.5) is 10.1 Å². The molecule has 0 bridgehead atoms. The second-order valence-corrected chi connectivity index (χ2v) is 9.97. The van der Waals surface area contributed by atoms with E-state index in [2.05, 4.69) is 71.3 Å². The lowest BCUT2D eigenvalue weighted by Gasteiger charge is -2.27. The van der Waals surface area contributed by atoms with Crippen LogP contribution in [0.1, 0.15) is 31.7 Å². The van der Waals surface area contributed by atoms with Gasteiger partial charge in [-0.3, -0.25) is 4.90 Å². The molecule has 38 heavy (non-hydrogen) atoms. The lowest BCUT2D eigenvalue weighted by atomic mass is 9.99. The Morgan fingerprint density at radius 3 is 2.45 bits per heavy atom. The summed E-state index contributed by atoms with van der Waals surface area (Å²) in [5.74, 6) is 0.894. The molecule has 1 aliphatic heterocycles. The lowest BCUT2D eigenvalue weighted by Crippen LogP contribution is -2.33. The Morgan fingerprint density at radius 2 is 1.66 bits per heavy atom. The summed E-state index contributed by atoms with van der Waals surface area (Å²) < 4.78 is 26.1. The summed E-state index contributed by atoms with van der Waals surface area (Å²) in [6, 6.07) is 26.5. The molecular weight excluding hydrogens is 475 g/mol. The first kappa shape index (κ1) is 26.1. The van der Waals surface area contributed by atoms with Crippen LogP contribution in [-0.4, -0.2) is 44.8 Å². The summed E-state index contributed by atoms with van der Waals surface area (Å²) in [6.45, 7) is 7.16. The number of fused-ring (bicyclic) bond motifs is 1. The molecule has 1 heterocycles. The predicted octanol–water partition coefficient (Wildman–Crippen LogP) is 7.55. The van der Waals surface area contributed by atoms with Crippen LogP contribution in [0, 0.1) is 5.82 Å². The van der Waals surface area contributed by atoms with Crippen LogP contribution < -0.4 is 14.4 Å². The Labute approximate surface area is 225 Å². The van der Waals surface area contributed by atoms with Gasteiger partial charge in [-0.05, 0) is 91.2 Å². The SMILES string of the molecule is CCN(Cc1ccc(OCCN2CCCCC2)c(F)c1)c1ccccc1-c1ccc2cc(OC)ccc2c1. The molecule has 1 aliphatic rings. The Balaban J connectivity index is 1.31. The van der Waals surface area contributed by atoms with Crippen molar-refractivity contribution in [3.8, 4) is 22.6 Å². The van der Waals surface area contributed by atoms with Gasteiger partial charge in [0.25, 0.3) is 0 Å². The summed E-state index contributed by atoms with van der Waals surface area (Å²) in [5.41, 5.74) is 4.36. The van der Waals surface area contributed by atoms with Gasteiger partial charge in [0.15, 0.2) is 11.6 Å². The number of halogens is 1. The topological polar surface area (TPSA) is 24.9 Å². The van der Waals surface area contributed by atoms with Crippen molar-refractivity contribution in [2.45, 2.75) is 32.7 Å². The number of methoxy groups -OCH3 is 1. The fourth-order valence-corrected chi connectivity index (χ4v) is 5.33. The minimum absolute atomic E-state index is 0.296. The maximum atomic E-state index is 15.0. The molecule has 4 aromatic carbocycles. The number of benzene rings is 4. The Morgan fingerprint density at radius 1 is 0.868 bits per heavy atom. The predicted molar refractivity (Wildman–Crippen MR) is 155 cm³/mol. The quantitative estimate of drug-likeness (QED) is 0.219. The van der Waals surface area contributed by atoms with Crippen LogP contribution in [0.3, 0.4) is 0 Å². The zero-order chi connectivity index (χ0) is 26.3. The van der Waals surface area contributed by atoms with E-state index in [-0.39, 0.29) is 5.82 Å². The highest BCUT2D eigenvalue weighted by atomic mass is 19.1. The van der Waals surface area contributed by atoms with Crippen molar-refractivity contribution in [1.29, 1.82) is 0 Å². The van der Waals surface area contributed by atoms with Crippen LogP contribution in [0.25, 0.3) is 21.9 Å². The third-order valence-electron chi connectivity index (χ3n) is 7.47. The number of likely N-dealkylation sites (tertiary alicyclic amines) is 1. The molecule has 0 radical (unpaired) electrons. The van der Waals surface area contributed by atoms with Crippen LogP contribution >= 0.6 is 0 Å². The van der Waals surface area contributed by atoms with Gasteiger partial charge in [0.2, 0.25) is 0 Å². The van der Waals surface area contributed by atoms with E-state index in [1.165, 1.54) is 24.6 Å². The minimum Gasteiger partial charge on any atom is -0.497 e. The smallest absolute Gasteiger partial charge is 0.165 e. The molecule has 0 atom stereocenters. The Kier molecular flexibility index (Phi) is 8.44. The third kappa shape index (κ3) is 6.11. The molecule has 0 amide bonds. The van der Waals surface area contributed by atoms with Crippen molar-refractivity contribution >= 4 is 16.5 Å². The van der Waals surface area contributed by atoms with Gasteiger partial charge in [-0.25, -0.2) is 4.39 Å². The zero-order valence-electron chi connectivity index (χ0n) is 22.5. The number of ether oxygens (including phenoxy) is 2. The van der Waals surface area contributed by atoms with E-state index in [0.717, 1.165) is 59.7 Å². The first-order valence-electron chi connectivity index (χ1n) is 13.7. The Hall–Kier alpha value is -3.57. The van der Waals surface area contributed by atoms with Gasteiger partial charge in [-0.2, -0.15) is 0 Å². The monoisotopic (exact) mass is 512 g/mol. The molecular formula is C33H37FN2O2. The van der Waals surface area contributed by atoms with E-state index < -0.39 is 0 Å². The maximum Gasteiger partial charge on any atom is 0.165 e. The largest absolute Gasteiger partial charge is 0.497 e. The van der Waals surface area contributed by atoms with Crippen LogP contribution in [0.5, 0.6) is 11.5 Å². The number of hydrogen-bond donors (Lipinski definition) is 0. The number of para-hydroxylation sites is 1. The molecule has 0 aromatic heterocycles. The van der Waals surface area contributed by atoms with Gasteiger partial charge in [0.1, 0.15) is 12.4 Å². The molecule has 198 valence electrons. The van der Waals surface area contributed by atoms with E-state index in [1.54, 1.807) is 19.2 Å². The van der Waals surface area contributed by atoms with Crippen molar-refractivity contribution in [3.63, 3.8) is 0 Å². The second kappa shape index (κ2) is 12.3. The van der Waals surface area contributed by atoms with Gasteiger partial charge in [0, 0.05) is 30.9 Å². The normalized spacial score (nSPS) is 14.0. The number of piperidine rings is 1. The van der Waals surface area contributed by atoms with Gasteiger partial charge < -0.3 is 14.4 Å². The first-order chi connectivity index (χ1) is 18.6. The molecule has 0 N–H and O–H groups in total. The van der Waals surface area contributed by atoms with E-state index in [9.17, 15) is 4.39 Å². The van der Waals surface area contributed by atoms with Crippen molar-refractivity contribution in [2.75, 3.05) is 44.8 Å². The minimum atomic E-state index is -0.296. The molecule has 0 unspecified atom stereocenters. The van der Waals surface area contributed by atoms with Crippen molar-refractivity contribution in [2.24, 2.45) is 0 Å². The van der Waals surface area contributed by atoms with E-state index in [0.29, 0.717) is 18.9 Å². The molecule has 4 aromatic rings. The molecule has 4 nitrogen and oxygen atoms in total. The van der Waals surface area contributed by atoms with Crippen LogP contribution in [0.2, 0.25) is 0 Å². The molecule has 0 spiro atoms. The standard InChI is InChI=1S/C33H37FN2O2/c1-3-36(24-25-11-16-33(31(34)21-25)38-20-19-35-17-7-4-8-18-35)32-10-6-5-9-30(32)28-13-12-27-23-29(37-2)15-14-26(27)22-28/h5-6,9-16,21-23H,3-4,7-8,17-20,24H2,1-2H3. The van der Waals surface area contributed by atoms with E-state index in [4.69, 9.17) is 9.47 Å². The average Bonchev–Trinajstić information content (AvgIpc) is 2.97. The highest BCUT2D eigenvalue weighted by Crippen LogP contribution is 2.34. The summed E-state index contributed by atoms with van der Waals surface area (Å²) in [6.07, 6.45) is 3.80. The van der Waals surface area contributed by atoms with E-state index in [1.807, 2.05) is 12.1 Å². The highest BCUT2D eigenvalue weighted by Gasteiger charge is 2.15. The molecule has 1 saturated heterocycles. The maximum absolute atomic E-state index is 15.0. The fraction of sp³-hybridized carbons (Fsp3) is 0.333. The van der Waals surface area contributed by atoms with E-state index >= 15 is 0 Å². The molecule has 0 aliphatic carbocycles. The van der Waals surface area contributed by atoms with Gasteiger partial charge in [0.05, 0.1) is 7.11 Å². The number of nitrogens with zero attached hydrogens (tertiary/aromatic N) is 2. The third-order valence-corrected chi connectivity index (χ3v) is 7.47. The molecule has 5 rings (SSSR count). The fourth-order valence-electron chi connectivity index (χ4n) is 5.33. The summed E-state index contributed by atoms with van der Waals surface area (Å²) >= 11 is 0. The zero-order valence-corrected chi connectivity index (χ0v) is 22.5. The lowest BCUT2D eigenvalue weighted by molar-refractivity contribution is 0.180. The molecule has 0 saturated carbocycles. The van der Waals surface area contributed by atoms with Gasteiger partial charge in [-0.15, -0.1) is 0 Å². The van der Waals surface area contributed by atoms with Crippen LogP contribution in [0.15, 0.2) is 78.9 Å².